The van der Waals surface area contributed by atoms with Crippen LogP contribution in [0.25, 0.3) is 0 Å². The molecule has 2 rings (SSSR count). The number of fused-ring (bicyclic) bond motifs is 1. The van der Waals surface area contributed by atoms with E-state index in [1.807, 2.05) is 49.9 Å². The summed E-state index contributed by atoms with van der Waals surface area (Å²) in [6.45, 7) is 6.46. The lowest BCUT2D eigenvalue weighted by Crippen LogP contribution is -2.44. The minimum atomic E-state index is 0.0124. The second kappa shape index (κ2) is 4.16. The summed E-state index contributed by atoms with van der Waals surface area (Å²) in [7, 11) is 0. The summed E-state index contributed by atoms with van der Waals surface area (Å²) in [5.74, 6) is 0.969. The maximum atomic E-state index is 12.1. The molecule has 1 aromatic carbocycles. The highest BCUT2D eigenvalue weighted by atomic mass is 16.5. The number of ether oxygens (including phenoxy) is 1. The standard InChI is InChI=1S/C13H17NO2/c1-9(2)13(15)14-8-10(3)16-12-7-5-4-6-11(12)14/h4-7,9-10H,8H2,1-3H3/t10-/m1/s1. The molecule has 3 nitrogen and oxygen atoms in total. The SMILES string of the molecule is CC(C)C(=O)N1C[C@@H](C)Oc2ccccc21. The number of carbonyl (C=O) groups excluding carboxylic acids is 1. The van der Waals surface area contributed by atoms with Crippen molar-refractivity contribution in [2.45, 2.75) is 26.9 Å². The smallest absolute Gasteiger partial charge is 0.229 e. The van der Waals surface area contributed by atoms with Crippen LogP contribution in [0.2, 0.25) is 0 Å². The quantitative estimate of drug-likeness (QED) is 0.726. The number of carbonyl (C=O) groups is 1. The van der Waals surface area contributed by atoms with Gasteiger partial charge in [0, 0.05) is 5.92 Å². The van der Waals surface area contributed by atoms with E-state index in [0.29, 0.717) is 6.54 Å². The molecule has 1 aliphatic rings. The Morgan fingerprint density at radius 3 is 2.81 bits per heavy atom. The largest absolute Gasteiger partial charge is 0.487 e. The minimum absolute atomic E-state index is 0.0124. The van der Waals surface area contributed by atoms with Gasteiger partial charge in [-0.25, -0.2) is 0 Å². The van der Waals surface area contributed by atoms with Gasteiger partial charge in [0.15, 0.2) is 0 Å². The van der Waals surface area contributed by atoms with Gasteiger partial charge in [-0.1, -0.05) is 26.0 Å². The first-order valence-electron chi connectivity index (χ1n) is 5.66. The zero-order chi connectivity index (χ0) is 11.7. The first kappa shape index (κ1) is 11.0. The van der Waals surface area contributed by atoms with Crippen molar-refractivity contribution in [1.29, 1.82) is 0 Å². The van der Waals surface area contributed by atoms with Crippen LogP contribution in [0.5, 0.6) is 5.75 Å². The first-order valence-corrected chi connectivity index (χ1v) is 5.66. The summed E-state index contributed by atoms with van der Waals surface area (Å²) < 4.78 is 5.70. The lowest BCUT2D eigenvalue weighted by Gasteiger charge is -2.34. The van der Waals surface area contributed by atoms with Crippen LogP contribution in [0.15, 0.2) is 24.3 Å². The number of rotatable bonds is 1. The normalized spacial score (nSPS) is 19.2. The van der Waals surface area contributed by atoms with E-state index in [4.69, 9.17) is 4.74 Å². The van der Waals surface area contributed by atoms with E-state index in [1.165, 1.54) is 0 Å². The average Bonchev–Trinajstić information content (AvgIpc) is 2.26. The molecule has 1 heterocycles. The second-order valence-corrected chi connectivity index (χ2v) is 4.50. The maximum Gasteiger partial charge on any atom is 0.229 e. The van der Waals surface area contributed by atoms with Crippen molar-refractivity contribution in [1.82, 2.24) is 0 Å². The molecule has 0 saturated heterocycles. The van der Waals surface area contributed by atoms with E-state index in [2.05, 4.69) is 0 Å². The number of para-hydroxylation sites is 2. The summed E-state index contributed by atoms with van der Waals surface area (Å²) in [6, 6.07) is 7.70. The third-order valence-electron chi connectivity index (χ3n) is 2.68. The van der Waals surface area contributed by atoms with Crippen LogP contribution in [0.3, 0.4) is 0 Å². The molecular weight excluding hydrogens is 202 g/mol. The van der Waals surface area contributed by atoms with E-state index >= 15 is 0 Å². The molecule has 0 N–H and O–H groups in total. The Morgan fingerprint density at radius 1 is 1.44 bits per heavy atom. The molecule has 1 amide bonds. The Balaban J connectivity index is 2.37. The van der Waals surface area contributed by atoms with E-state index < -0.39 is 0 Å². The number of hydrogen-bond acceptors (Lipinski definition) is 2. The molecule has 0 aliphatic carbocycles. The Bertz CT molecular complexity index is 401. The van der Waals surface area contributed by atoms with Crippen molar-refractivity contribution in [3.63, 3.8) is 0 Å². The van der Waals surface area contributed by atoms with Crippen LogP contribution in [0.4, 0.5) is 5.69 Å². The van der Waals surface area contributed by atoms with E-state index in [0.717, 1.165) is 11.4 Å². The lowest BCUT2D eigenvalue weighted by atomic mass is 10.1. The molecule has 0 radical (unpaired) electrons. The predicted octanol–water partition coefficient (Wildman–Crippen LogP) is 2.46. The summed E-state index contributed by atoms with van der Waals surface area (Å²) in [6.07, 6.45) is 0.0533. The third-order valence-corrected chi connectivity index (χ3v) is 2.68. The van der Waals surface area contributed by atoms with Gasteiger partial charge >= 0.3 is 0 Å². The monoisotopic (exact) mass is 219 g/mol. The molecular formula is C13H17NO2. The van der Waals surface area contributed by atoms with E-state index in [-0.39, 0.29) is 17.9 Å². The zero-order valence-electron chi connectivity index (χ0n) is 9.93. The van der Waals surface area contributed by atoms with Gasteiger partial charge in [-0.2, -0.15) is 0 Å². The minimum Gasteiger partial charge on any atom is -0.487 e. The number of nitrogens with zero attached hydrogens (tertiary/aromatic N) is 1. The van der Waals surface area contributed by atoms with Crippen LogP contribution >= 0.6 is 0 Å². The van der Waals surface area contributed by atoms with Gasteiger partial charge in [0.05, 0.1) is 12.2 Å². The van der Waals surface area contributed by atoms with E-state index in [1.54, 1.807) is 0 Å². The van der Waals surface area contributed by atoms with Gasteiger partial charge in [0.1, 0.15) is 11.9 Å². The van der Waals surface area contributed by atoms with Crippen LogP contribution in [-0.2, 0) is 4.79 Å². The molecule has 3 heteroatoms. The molecule has 86 valence electrons. The summed E-state index contributed by atoms with van der Waals surface area (Å²) >= 11 is 0. The maximum absolute atomic E-state index is 12.1. The average molecular weight is 219 g/mol. The first-order chi connectivity index (χ1) is 7.59. The van der Waals surface area contributed by atoms with E-state index in [9.17, 15) is 4.79 Å². The van der Waals surface area contributed by atoms with Crippen LogP contribution in [0, 0.1) is 5.92 Å². The number of anilines is 1. The fourth-order valence-electron chi connectivity index (χ4n) is 1.91. The molecule has 0 aromatic heterocycles. The number of amides is 1. The Hall–Kier alpha value is -1.51. The van der Waals surface area contributed by atoms with Crippen LogP contribution in [-0.4, -0.2) is 18.6 Å². The predicted molar refractivity (Wildman–Crippen MR) is 63.7 cm³/mol. The highest BCUT2D eigenvalue weighted by Gasteiger charge is 2.28. The summed E-state index contributed by atoms with van der Waals surface area (Å²) in [5, 5.41) is 0. The summed E-state index contributed by atoms with van der Waals surface area (Å²) in [5.41, 5.74) is 0.888. The zero-order valence-corrected chi connectivity index (χ0v) is 9.93. The van der Waals surface area contributed by atoms with Gasteiger partial charge in [0.2, 0.25) is 5.91 Å². The molecule has 0 fully saturated rings. The Labute approximate surface area is 96.0 Å². The van der Waals surface area contributed by atoms with Gasteiger partial charge < -0.3 is 9.64 Å². The third kappa shape index (κ3) is 1.90. The van der Waals surface area contributed by atoms with Gasteiger partial charge in [0.25, 0.3) is 0 Å². The summed E-state index contributed by atoms with van der Waals surface area (Å²) in [4.78, 5) is 13.9. The fraction of sp³-hybridized carbons (Fsp3) is 0.462. The molecule has 1 aromatic rings. The molecule has 1 atom stereocenters. The van der Waals surface area contributed by atoms with Gasteiger partial charge in [-0.3, -0.25) is 4.79 Å². The van der Waals surface area contributed by atoms with Crippen molar-refractivity contribution in [3.05, 3.63) is 24.3 Å². The molecule has 0 bridgehead atoms. The van der Waals surface area contributed by atoms with Crippen molar-refractivity contribution in [3.8, 4) is 5.75 Å². The van der Waals surface area contributed by atoms with Gasteiger partial charge in [-0.15, -0.1) is 0 Å². The number of benzene rings is 1. The molecule has 1 aliphatic heterocycles. The highest BCUT2D eigenvalue weighted by molar-refractivity contribution is 5.96. The molecule has 16 heavy (non-hydrogen) atoms. The van der Waals surface area contributed by atoms with Crippen molar-refractivity contribution < 1.29 is 9.53 Å². The molecule has 0 spiro atoms. The fourth-order valence-corrected chi connectivity index (χ4v) is 1.91. The highest BCUT2D eigenvalue weighted by Crippen LogP contribution is 2.33. The molecule has 0 saturated carbocycles. The van der Waals surface area contributed by atoms with Gasteiger partial charge in [-0.05, 0) is 19.1 Å². The topological polar surface area (TPSA) is 29.5 Å². The van der Waals surface area contributed by atoms with Crippen molar-refractivity contribution in [2.24, 2.45) is 5.92 Å². The van der Waals surface area contributed by atoms with Crippen LogP contribution in [0.1, 0.15) is 20.8 Å². The lowest BCUT2D eigenvalue weighted by molar-refractivity contribution is -0.121. The second-order valence-electron chi connectivity index (χ2n) is 4.50. The Morgan fingerprint density at radius 2 is 2.12 bits per heavy atom. The molecule has 0 unspecified atom stereocenters. The van der Waals surface area contributed by atoms with Crippen LogP contribution < -0.4 is 9.64 Å². The number of hydrogen-bond donors (Lipinski definition) is 0. The van der Waals surface area contributed by atoms with Crippen molar-refractivity contribution >= 4 is 11.6 Å². The van der Waals surface area contributed by atoms with Crippen molar-refractivity contribution in [2.75, 3.05) is 11.4 Å². The Kier molecular flexibility index (Phi) is 2.86.